The molecule has 0 saturated heterocycles. The van der Waals surface area contributed by atoms with Gasteiger partial charge in [-0.25, -0.2) is 0 Å². The van der Waals surface area contributed by atoms with Crippen LogP contribution in [0.15, 0.2) is 30.3 Å². The van der Waals surface area contributed by atoms with E-state index in [0.29, 0.717) is 18.3 Å². The monoisotopic (exact) mass is 261 g/mol. The summed E-state index contributed by atoms with van der Waals surface area (Å²) < 4.78 is 0. The van der Waals surface area contributed by atoms with Gasteiger partial charge in [-0.15, -0.1) is 23.2 Å². The molecule has 1 aromatic rings. The van der Waals surface area contributed by atoms with Crippen LogP contribution < -0.4 is 0 Å². The normalized spacial score (nSPS) is 13.0. The molecule has 16 heavy (non-hydrogen) atoms. The van der Waals surface area contributed by atoms with Gasteiger partial charge < -0.3 is 5.11 Å². The first-order chi connectivity index (χ1) is 7.77. The zero-order chi connectivity index (χ0) is 11.8. The molecule has 0 aliphatic heterocycles. The lowest BCUT2D eigenvalue weighted by Gasteiger charge is -2.23. The topological polar surface area (TPSA) is 23.5 Å². The van der Waals surface area contributed by atoms with Gasteiger partial charge in [-0.05, 0) is 5.56 Å². The van der Waals surface area contributed by atoms with Crippen molar-refractivity contribution in [2.75, 3.05) is 31.4 Å². The standard InChI is InChI=1S/C12H17Cl2NO/c13-6-8-15(9-7-14)10-12(16)11-4-2-1-3-5-11/h1-5,12,16H,6-10H2. The van der Waals surface area contributed by atoms with Crippen molar-refractivity contribution in [3.8, 4) is 0 Å². The summed E-state index contributed by atoms with van der Waals surface area (Å²) in [6.07, 6.45) is -0.479. The first kappa shape index (κ1) is 13.8. The number of alkyl halides is 2. The van der Waals surface area contributed by atoms with E-state index in [9.17, 15) is 5.11 Å². The number of nitrogens with zero attached hydrogens (tertiary/aromatic N) is 1. The minimum absolute atomic E-state index is 0.479. The minimum Gasteiger partial charge on any atom is -0.387 e. The van der Waals surface area contributed by atoms with E-state index in [1.54, 1.807) is 0 Å². The van der Waals surface area contributed by atoms with Crippen molar-refractivity contribution in [1.29, 1.82) is 0 Å². The molecule has 90 valence electrons. The molecule has 1 aromatic carbocycles. The lowest BCUT2D eigenvalue weighted by molar-refractivity contribution is 0.120. The summed E-state index contributed by atoms with van der Waals surface area (Å²) in [5.74, 6) is 1.11. The highest BCUT2D eigenvalue weighted by atomic mass is 35.5. The molecule has 1 N–H and O–H groups in total. The Labute approximate surface area is 107 Å². The van der Waals surface area contributed by atoms with E-state index in [1.807, 2.05) is 30.3 Å². The predicted molar refractivity (Wildman–Crippen MR) is 69.3 cm³/mol. The Bertz CT molecular complexity index is 276. The Hall–Kier alpha value is -0.280. The fourth-order valence-corrected chi connectivity index (χ4v) is 2.04. The minimum atomic E-state index is -0.479. The summed E-state index contributed by atoms with van der Waals surface area (Å²) in [6.45, 7) is 2.07. The maximum absolute atomic E-state index is 10.0. The maximum atomic E-state index is 10.0. The van der Waals surface area contributed by atoms with Gasteiger partial charge in [0, 0.05) is 31.4 Å². The molecular weight excluding hydrogens is 245 g/mol. The molecule has 0 bridgehead atoms. The average molecular weight is 262 g/mol. The number of benzene rings is 1. The molecule has 0 aliphatic carbocycles. The van der Waals surface area contributed by atoms with Crippen LogP contribution in [0.5, 0.6) is 0 Å². The third-order valence-corrected chi connectivity index (χ3v) is 2.76. The summed E-state index contributed by atoms with van der Waals surface area (Å²) in [7, 11) is 0. The Morgan fingerprint density at radius 1 is 1.06 bits per heavy atom. The number of hydrogen-bond donors (Lipinski definition) is 1. The molecule has 0 heterocycles. The highest BCUT2D eigenvalue weighted by molar-refractivity contribution is 6.18. The van der Waals surface area contributed by atoms with Crippen molar-refractivity contribution >= 4 is 23.2 Å². The predicted octanol–water partition coefficient (Wildman–Crippen LogP) is 2.50. The third-order valence-electron chi connectivity index (χ3n) is 2.42. The summed E-state index contributed by atoms with van der Waals surface area (Å²) in [5, 5.41) is 10.0. The van der Waals surface area contributed by atoms with Gasteiger partial charge in [0.25, 0.3) is 0 Å². The van der Waals surface area contributed by atoms with Gasteiger partial charge in [-0.2, -0.15) is 0 Å². The number of aliphatic hydroxyl groups excluding tert-OH is 1. The summed E-state index contributed by atoms with van der Waals surface area (Å²) >= 11 is 11.4. The highest BCUT2D eigenvalue weighted by Crippen LogP contribution is 2.13. The molecule has 2 nitrogen and oxygen atoms in total. The van der Waals surface area contributed by atoms with E-state index >= 15 is 0 Å². The zero-order valence-corrected chi connectivity index (χ0v) is 10.7. The van der Waals surface area contributed by atoms with Gasteiger partial charge >= 0.3 is 0 Å². The molecule has 0 saturated carbocycles. The van der Waals surface area contributed by atoms with Crippen molar-refractivity contribution < 1.29 is 5.11 Å². The van der Waals surface area contributed by atoms with Crippen LogP contribution in [-0.2, 0) is 0 Å². The van der Waals surface area contributed by atoms with E-state index < -0.39 is 6.10 Å². The van der Waals surface area contributed by atoms with Crippen LogP contribution in [0.3, 0.4) is 0 Å². The molecule has 0 aromatic heterocycles. The summed E-state index contributed by atoms with van der Waals surface area (Å²) in [4.78, 5) is 2.07. The maximum Gasteiger partial charge on any atom is 0.0916 e. The highest BCUT2D eigenvalue weighted by Gasteiger charge is 2.12. The Kier molecular flexibility index (Phi) is 6.81. The Morgan fingerprint density at radius 2 is 1.62 bits per heavy atom. The molecule has 1 atom stereocenters. The van der Waals surface area contributed by atoms with Crippen LogP contribution in [0.1, 0.15) is 11.7 Å². The smallest absolute Gasteiger partial charge is 0.0916 e. The molecule has 0 amide bonds. The van der Waals surface area contributed by atoms with Crippen LogP contribution in [0.25, 0.3) is 0 Å². The van der Waals surface area contributed by atoms with E-state index in [-0.39, 0.29) is 0 Å². The van der Waals surface area contributed by atoms with Crippen LogP contribution in [0.2, 0.25) is 0 Å². The van der Waals surface area contributed by atoms with Crippen LogP contribution in [-0.4, -0.2) is 41.4 Å². The molecule has 0 fully saturated rings. The van der Waals surface area contributed by atoms with Crippen molar-refractivity contribution in [2.24, 2.45) is 0 Å². The molecule has 0 aliphatic rings. The van der Waals surface area contributed by atoms with Crippen LogP contribution >= 0.6 is 23.2 Å². The third kappa shape index (κ3) is 4.71. The number of aliphatic hydroxyl groups is 1. The average Bonchev–Trinajstić information content (AvgIpc) is 2.31. The van der Waals surface area contributed by atoms with Gasteiger partial charge in [-0.1, -0.05) is 30.3 Å². The number of halogens is 2. The quantitative estimate of drug-likeness (QED) is 0.763. The van der Waals surface area contributed by atoms with Gasteiger partial charge in [0.05, 0.1) is 6.10 Å². The summed E-state index contributed by atoms with van der Waals surface area (Å²) in [6, 6.07) is 9.62. The molecule has 0 spiro atoms. The van der Waals surface area contributed by atoms with E-state index in [0.717, 1.165) is 18.7 Å². The fraction of sp³-hybridized carbons (Fsp3) is 0.500. The second kappa shape index (κ2) is 7.91. The second-order valence-corrected chi connectivity index (χ2v) is 4.36. The van der Waals surface area contributed by atoms with Gasteiger partial charge in [0.15, 0.2) is 0 Å². The van der Waals surface area contributed by atoms with E-state index in [2.05, 4.69) is 4.90 Å². The molecular formula is C12H17Cl2NO. The first-order valence-corrected chi connectivity index (χ1v) is 6.42. The van der Waals surface area contributed by atoms with E-state index in [4.69, 9.17) is 23.2 Å². The van der Waals surface area contributed by atoms with E-state index in [1.165, 1.54) is 0 Å². The largest absolute Gasteiger partial charge is 0.387 e. The lowest BCUT2D eigenvalue weighted by Crippen LogP contribution is -2.32. The van der Waals surface area contributed by atoms with Crippen LogP contribution in [0, 0.1) is 0 Å². The molecule has 1 unspecified atom stereocenters. The molecule has 1 rings (SSSR count). The molecule has 4 heteroatoms. The van der Waals surface area contributed by atoms with Gasteiger partial charge in [-0.3, -0.25) is 4.90 Å². The van der Waals surface area contributed by atoms with Crippen LogP contribution in [0.4, 0.5) is 0 Å². The molecule has 0 radical (unpaired) electrons. The zero-order valence-electron chi connectivity index (χ0n) is 9.15. The first-order valence-electron chi connectivity index (χ1n) is 5.35. The van der Waals surface area contributed by atoms with Gasteiger partial charge in [0.1, 0.15) is 0 Å². The lowest BCUT2D eigenvalue weighted by atomic mass is 10.1. The SMILES string of the molecule is OC(CN(CCCl)CCCl)c1ccccc1. The van der Waals surface area contributed by atoms with Crippen molar-refractivity contribution in [3.63, 3.8) is 0 Å². The number of rotatable bonds is 7. The van der Waals surface area contributed by atoms with Crippen molar-refractivity contribution in [1.82, 2.24) is 4.90 Å². The summed E-state index contributed by atoms with van der Waals surface area (Å²) in [5.41, 5.74) is 0.927. The fourth-order valence-electron chi connectivity index (χ4n) is 1.56. The van der Waals surface area contributed by atoms with Gasteiger partial charge in [0.2, 0.25) is 0 Å². The Morgan fingerprint density at radius 3 is 2.12 bits per heavy atom. The Balaban J connectivity index is 2.50. The second-order valence-electron chi connectivity index (χ2n) is 3.61. The number of hydrogen-bond acceptors (Lipinski definition) is 2. The van der Waals surface area contributed by atoms with Crippen molar-refractivity contribution in [3.05, 3.63) is 35.9 Å². The van der Waals surface area contributed by atoms with Crippen molar-refractivity contribution in [2.45, 2.75) is 6.10 Å².